The minimum absolute atomic E-state index is 0.205. The van der Waals surface area contributed by atoms with Gasteiger partial charge >= 0.3 is 0 Å². The summed E-state index contributed by atoms with van der Waals surface area (Å²) in [5.74, 6) is 0.629. The van der Waals surface area contributed by atoms with E-state index in [1.807, 2.05) is 6.21 Å². The van der Waals surface area contributed by atoms with Gasteiger partial charge in [0.1, 0.15) is 7.11 Å². The van der Waals surface area contributed by atoms with E-state index < -0.39 is 0 Å². The molecule has 84 valence electrons. The summed E-state index contributed by atoms with van der Waals surface area (Å²) in [4.78, 5) is 4.70. The van der Waals surface area contributed by atoms with Gasteiger partial charge in [0.2, 0.25) is 0 Å². The third kappa shape index (κ3) is 4.83. The first kappa shape index (κ1) is 12.0. The van der Waals surface area contributed by atoms with Crippen LogP contribution in [0.1, 0.15) is 44.9 Å². The van der Waals surface area contributed by atoms with Crippen LogP contribution in [0.25, 0.3) is 0 Å². The maximum Gasteiger partial charge on any atom is 0.106 e. The second-order valence-electron chi connectivity index (χ2n) is 4.25. The van der Waals surface area contributed by atoms with E-state index in [9.17, 15) is 0 Å². The molecule has 0 heterocycles. The zero-order valence-corrected chi connectivity index (χ0v) is 9.48. The fraction of sp³-hybridized carbons (Fsp3) is 0.833. The Labute approximate surface area is 92.1 Å². The number of nitriles is 1. The summed E-state index contributed by atoms with van der Waals surface area (Å²) in [5, 5.41) is 12.8. The standard InChI is InChI=1S/C12H20N2O/c1-15-14-10-12-7-5-3-2-4-6-11(8-12)9-13/h10-12H,2-8H2,1H3. The van der Waals surface area contributed by atoms with Crippen molar-refractivity contribution < 1.29 is 4.84 Å². The number of oxime groups is 1. The highest BCUT2D eigenvalue weighted by Gasteiger charge is 2.16. The predicted octanol–water partition coefficient (Wildman–Crippen LogP) is 3.12. The van der Waals surface area contributed by atoms with Gasteiger partial charge in [0.25, 0.3) is 0 Å². The third-order valence-corrected chi connectivity index (χ3v) is 3.02. The Kier molecular flexibility index (Phi) is 5.84. The van der Waals surface area contributed by atoms with Crippen LogP contribution in [0.3, 0.4) is 0 Å². The van der Waals surface area contributed by atoms with Gasteiger partial charge in [-0.05, 0) is 25.2 Å². The zero-order valence-electron chi connectivity index (χ0n) is 9.48. The predicted molar refractivity (Wildman–Crippen MR) is 60.4 cm³/mol. The highest BCUT2D eigenvalue weighted by molar-refractivity contribution is 5.59. The molecule has 0 N–H and O–H groups in total. The smallest absolute Gasteiger partial charge is 0.106 e. The summed E-state index contributed by atoms with van der Waals surface area (Å²) in [6.07, 6.45) is 10.0. The van der Waals surface area contributed by atoms with Crippen LogP contribution in [0.2, 0.25) is 0 Å². The second-order valence-corrected chi connectivity index (χ2v) is 4.25. The van der Waals surface area contributed by atoms with Crippen molar-refractivity contribution in [1.29, 1.82) is 5.26 Å². The van der Waals surface area contributed by atoms with Crippen molar-refractivity contribution in [3.05, 3.63) is 0 Å². The van der Waals surface area contributed by atoms with Crippen LogP contribution in [-0.4, -0.2) is 13.3 Å². The van der Waals surface area contributed by atoms with Crippen molar-refractivity contribution in [3.8, 4) is 6.07 Å². The topological polar surface area (TPSA) is 45.4 Å². The van der Waals surface area contributed by atoms with Gasteiger partial charge in [0, 0.05) is 12.1 Å². The lowest BCUT2D eigenvalue weighted by molar-refractivity contribution is 0.212. The Bertz CT molecular complexity index is 232. The molecule has 1 aliphatic rings. The molecule has 2 unspecified atom stereocenters. The molecule has 0 radical (unpaired) electrons. The minimum atomic E-state index is 0.205. The lowest BCUT2D eigenvalue weighted by Gasteiger charge is -2.13. The van der Waals surface area contributed by atoms with E-state index in [0.717, 1.165) is 19.3 Å². The van der Waals surface area contributed by atoms with Gasteiger partial charge in [-0.2, -0.15) is 5.26 Å². The maximum absolute atomic E-state index is 9.02. The Morgan fingerprint density at radius 3 is 2.67 bits per heavy atom. The van der Waals surface area contributed by atoms with Crippen molar-refractivity contribution in [2.24, 2.45) is 17.0 Å². The van der Waals surface area contributed by atoms with Gasteiger partial charge in [-0.3, -0.25) is 0 Å². The van der Waals surface area contributed by atoms with E-state index in [0.29, 0.717) is 5.92 Å². The molecule has 1 rings (SSSR count). The molecule has 0 aromatic rings. The fourth-order valence-corrected chi connectivity index (χ4v) is 2.15. The highest BCUT2D eigenvalue weighted by atomic mass is 16.6. The Balaban J connectivity index is 2.50. The van der Waals surface area contributed by atoms with Crippen LogP contribution in [0.5, 0.6) is 0 Å². The normalized spacial score (nSPS) is 28.8. The Hall–Kier alpha value is -1.04. The van der Waals surface area contributed by atoms with E-state index in [1.165, 1.54) is 25.7 Å². The van der Waals surface area contributed by atoms with E-state index in [4.69, 9.17) is 10.1 Å². The molecular weight excluding hydrogens is 188 g/mol. The lowest BCUT2D eigenvalue weighted by Crippen LogP contribution is -2.08. The minimum Gasteiger partial charge on any atom is -0.399 e. The molecule has 0 aromatic carbocycles. The van der Waals surface area contributed by atoms with E-state index in [2.05, 4.69) is 11.2 Å². The number of hydrogen-bond donors (Lipinski definition) is 0. The van der Waals surface area contributed by atoms with Gasteiger partial charge in [-0.15, -0.1) is 0 Å². The van der Waals surface area contributed by atoms with Crippen molar-refractivity contribution >= 4 is 6.21 Å². The monoisotopic (exact) mass is 208 g/mol. The van der Waals surface area contributed by atoms with Crippen LogP contribution in [-0.2, 0) is 4.84 Å². The molecule has 0 aliphatic heterocycles. The van der Waals surface area contributed by atoms with Crippen LogP contribution in [0, 0.1) is 23.2 Å². The number of hydrogen-bond acceptors (Lipinski definition) is 3. The average Bonchev–Trinajstić information content (AvgIpc) is 2.37. The summed E-state index contributed by atoms with van der Waals surface area (Å²) in [6, 6.07) is 2.40. The summed E-state index contributed by atoms with van der Waals surface area (Å²) >= 11 is 0. The van der Waals surface area contributed by atoms with E-state index in [1.54, 1.807) is 7.11 Å². The Morgan fingerprint density at radius 2 is 2.00 bits per heavy atom. The van der Waals surface area contributed by atoms with Gasteiger partial charge < -0.3 is 4.84 Å². The zero-order chi connectivity index (χ0) is 10.9. The van der Waals surface area contributed by atoms with Crippen LogP contribution >= 0.6 is 0 Å². The molecule has 1 aliphatic carbocycles. The lowest BCUT2D eigenvalue weighted by atomic mass is 9.91. The van der Waals surface area contributed by atoms with Gasteiger partial charge in [-0.25, -0.2) is 0 Å². The van der Waals surface area contributed by atoms with E-state index >= 15 is 0 Å². The molecule has 1 saturated carbocycles. The van der Waals surface area contributed by atoms with Crippen molar-refractivity contribution in [2.75, 3.05) is 7.11 Å². The highest BCUT2D eigenvalue weighted by Crippen LogP contribution is 2.24. The second kappa shape index (κ2) is 7.28. The molecule has 0 aromatic heterocycles. The quantitative estimate of drug-likeness (QED) is 0.517. The average molecular weight is 208 g/mol. The van der Waals surface area contributed by atoms with Gasteiger partial charge in [0.15, 0.2) is 0 Å². The van der Waals surface area contributed by atoms with Crippen molar-refractivity contribution in [2.45, 2.75) is 44.9 Å². The first-order valence-corrected chi connectivity index (χ1v) is 5.83. The molecule has 0 amide bonds. The van der Waals surface area contributed by atoms with E-state index in [-0.39, 0.29) is 5.92 Å². The molecule has 3 nitrogen and oxygen atoms in total. The summed E-state index contributed by atoms with van der Waals surface area (Å²) < 4.78 is 0. The summed E-state index contributed by atoms with van der Waals surface area (Å²) in [5.41, 5.74) is 0. The van der Waals surface area contributed by atoms with Crippen molar-refractivity contribution in [1.82, 2.24) is 0 Å². The molecule has 0 saturated heterocycles. The Morgan fingerprint density at radius 1 is 1.27 bits per heavy atom. The van der Waals surface area contributed by atoms with Crippen molar-refractivity contribution in [3.63, 3.8) is 0 Å². The number of nitrogens with zero attached hydrogens (tertiary/aromatic N) is 2. The van der Waals surface area contributed by atoms with Crippen LogP contribution < -0.4 is 0 Å². The molecule has 1 fully saturated rings. The largest absolute Gasteiger partial charge is 0.399 e. The molecular formula is C12H20N2O. The first-order chi connectivity index (χ1) is 7.36. The molecule has 0 bridgehead atoms. The molecule has 2 atom stereocenters. The summed E-state index contributed by atoms with van der Waals surface area (Å²) in [7, 11) is 1.56. The van der Waals surface area contributed by atoms with Gasteiger partial charge in [-0.1, -0.05) is 30.8 Å². The first-order valence-electron chi connectivity index (χ1n) is 5.83. The summed E-state index contributed by atoms with van der Waals surface area (Å²) in [6.45, 7) is 0. The molecule has 15 heavy (non-hydrogen) atoms. The van der Waals surface area contributed by atoms with Crippen LogP contribution in [0.4, 0.5) is 0 Å². The number of rotatable bonds is 2. The fourth-order valence-electron chi connectivity index (χ4n) is 2.15. The maximum atomic E-state index is 9.02. The molecule has 3 heteroatoms. The third-order valence-electron chi connectivity index (χ3n) is 3.02. The molecule has 0 spiro atoms. The van der Waals surface area contributed by atoms with Gasteiger partial charge in [0.05, 0.1) is 6.07 Å². The SMILES string of the molecule is CON=CC1CCCCCCC(C#N)C1. The van der Waals surface area contributed by atoms with Crippen LogP contribution in [0.15, 0.2) is 5.16 Å².